The number of anilines is 1. The second-order valence-corrected chi connectivity index (χ2v) is 6.20. The van der Waals surface area contributed by atoms with Crippen LogP contribution in [0.2, 0.25) is 10.0 Å². The van der Waals surface area contributed by atoms with E-state index in [9.17, 15) is 14.7 Å². The van der Waals surface area contributed by atoms with Crippen molar-refractivity contribution in [3.8, 4) is 0 Å². The Balaban J connectivity index is 1.78. The molecule has 3 unspecified atom stereocenters. The van der Waals surface area contributed by atoms with Crippen molar-refractivity contribution in [2.45, 2.75) is 31.3 Å². The maximum absolute atomic E-state index is 12.4. The zero-order chi connectivity index (χ0) is 15.1. The molecule has 1 aromatic rings. The maximum atomic E-state index is 12.4. The smallest absolute Gasteiger partial charge is 0.322 e. The van der Waals surface area contributed by atoms with E-state index in [1.807, 2.05) is 0 Å². The molecule has 2 fully saturated rings. The number of urea groups is 1. The third-order valence-corrected chi connectivity index (χ3v) is 5.10. The van der Waals surface area contributed by atoms with Crippen LogP contribution in [0.5, 0.6) is 0 Å². The summed E-state index contributed by atoms with van der Waals surface area (Å²) < 4.78 is 0. The molecule has 2 aliphatic rings. The monoisotopic (exact) mass is 328 g/mol. The fourth-order valence-electron chi connectivity index (χ4n) is 3.35. The van der Waals surface area contributed by atoms with Crippen molar-refractivity contribution in [2.75, 3.05) is 5.32 Å². The Morgan fingerprint density at radius 2 is 2.05 bits per heavy atom. The summed E-state index contributed by atoms with van der Waals surface area (Å²) in [4.78, 5) is 25.3. The molecule has 2 bridgehead atoms. The van der Waals surface area contributed by atoms with Crippen molar-refractivity contribution in [3.63, 3.8) is 0 Å². The highest BCUT2D eigenvalue weighted by molar-refractivity contribution is 6.43. The summed E-state index contributed by atoms with van der Waals surface area (Å²) in [6, 6.07) is 4.45. The molecule has 21 heavy (non-hydrogen) atoms. The summed E-state index contributed by atoms with van der Waals surface area (Å²) in [6.07, 6.45) is 2.11. The van der Waals surface area contributed by atoms with Crippen molar-refractivity contribution in [2.24, 2.45) is 5.92 Å². The van der Waals surface area contributed by atoms with E-state index in [0.29, 0.717) is 17.1 Å². The first-order valence-corrected chi connectivity index (χ1v) is 7.50. The Bertz CT molecular complexity index is 608. The number of aliphatic carboxylic acids is 1. The Labute approximate surface area is 131 Å². The van der Waals surface area contributed by atoms with Gasteiger partial charge >= 0.3 is 12.0 Å². The van der Waals surface area contributed by atoms with Gasteiger partial charge in [0.05, 0.1) is 21.7 Å². The van der Waals surface area contributed by atoms with E-state index in [1.165, 1.54) is 0 Å². The minimum absolute atomic E-state index is 0.00550. The van der Waals surface area contributed by atoms with E-state index in [0.717, 1.165) is 12.8 Å². The van der Waals surface area contributed by atoms with E-state index in [1.54, 1.807) is 23.1 Å². The highest BCUT2D eigenvalue weighted by Gasteiger charge is 2.51. The Kier molecular flexibility index (Phi) is 3.71. The average Bonchev–Trinajstić information content (AvgIpc) is 3.01. The second kappa shape index (κ2) is 5.39. The van der Waals surface area contributed by atoms with Crippen LogP contribution in [0.4, 0.5) is 10.5 Å². The van der Waals surface area contributed by atoms with Crippen molar-refractivity contribution < 1.29 is 14.7 Å². The van der Waals surface area contributed by atoms with Crippen LogP contribution < -0.4 is 5.32 Å². The number of rotatable bonds is 2. The van der Waals surface area contributed by atoms with E-state index in [2.05, 4.69) is 5.32 Å². The number of carbonyl (C=O) groups excluding carboxylic acids is 1. The molecule has 0 aliphatic carbocycles. The first-order chi connectivity index (χ1) is 9.99. The Morgan fingerprint density at radius 3 is 2.71 bits per heavy atom. The van der Waals surface area contributed by atoms with E-state index < -0.39 is 11.9 Å². The van der Waals surface area contributed by atoms with Crippen molar-refractivity contribution >= 4 is 40.9 Å². The van der Waals surface area contributed by atoms with Crippen molar-refractivity contribution in [3.05, 3.63) is 28.2 Å². The zero-order valence-corrected chi connectivity index (χ0v) is 12.6. The number of nitrogens with zero attached hydrogens (tertiary/aromatic N) is 1. The summed E-state index contributed by atoms with van der Waals surface area (Å²) in [5.74, 6) is -1.30. The molecular formula is C14H14Cl2N2O3. The lowest BCUT2D eigenvalue weighted by Gasteiger charge is -2.23. The van der Waals surface area contributed by atoms with Crippen LogP contribution in [0.1, 0.15) is 19.3 Å². The predicted octanol–water partition coefficient (Wildman–Crippen LogP) is 3.46. The average molecular weight is 329 g/mol. The lowest BCUT2D eigenvalue weighted by atomic mass is 9.89. The van der Waals surface area contributed by atoms with Crippen LogP contribution in [0.3, 0.4) is 0 Å². The first-order valence-electron chi connectivity index (χ1n) is 6.75. The highest BCUT2D eigenvalue weighted by Crippen LogP contribution is 2.42. The summed E-state index contributed by atoms with van der Waals surface area (Å²) in [7, 11) is 0. The van der Waals surface area contributed by atoms with Crippen molar-refractivity contribution in [1.29, 1.82) is 0 Å². The van der Waals surface area contributed by atoms with Crippen LogP contribution in [0, 0.1) is 5.92 Å². The molecule has 3 atom stereocenters. The van der Waals surface area contributed by atoms with Gasteiger partial charge in [-0.05, 0) is 31.4 Å². The topological polar surface area (TPSA) is 69.6 Å². The van der Waals surface area contributed by atoms with Crippen LogP contribution >= 0.6 is 23.2 Å². The van der Waals surface area contributed by atoms with Gasteiger partial charge in [0.1, 0.15) is 0 Å². The third kappa shape index (κ3) is 2.45. The molecule has 112 valence electrons. The zero-order valence-electron chi connectivity index (χ0n) is 11.1. The minimum atomic E-state index is -0.833. The fraction of sp³-hybridized carbons (Fsp3) is 0.429. The third-order valence-electron chi connectivity index (χ3n) is 4.28. The number of carbonyl (C=O) groups is 2. The molecule has 2 amide bonds. The number of amides is 2. The number of hydrogen-bond acceptors (Lipinski definition) is 2. The molecule has 0 aromatic heterocycles. The quantitative estimate of drug-likeness (QED) is 0.873. The molecule has 0 spiro atoms. The number of hydrogen-bond donors (Lipinski definition) is 2. The SMILES string of the molecule is O=C(O)C1CC2CCC1N2C(=O)Nc1cccc(Cl)c1Cl. The maximum Gasteiger partial charge on any atom is 0.322 e. The first kappa shape index (κ1) is 14.5. The van der Waals surface area contributed by atoms with Crippen molar-refractivity contribution in [1.82, 2.24) is 4.90 Å². The number of fused-ring (bicyclic) bond motifs is 2. The number of halogens is 2. The lowest BCUT2D eigenvalue weighted by molar-refractivity contribution is -0.142. The normalized spacial score (nSPS) is 27.0. The van der Waals surface area contributed by atoms with Gasteiger partial charge in [-0.1, -0.05) is 29.3 Å². The van der Waals surface area contributed by atoms with Gasteiger partial charge in [0, 0.05) is 12.1 Å². The molecule has 2 N–H and O–H groups in total. The standard InChI is InChI=1S/C14H14Cl2N2O3/c15-9-2-1-3-10(12(9)16)17-14(21)18-7-4-5-11(18)8(6-7)13(19)20/h1-3,7-8,11H,4-6H2,(H,17,21)(H,19,20). The van der Waals surface area contributed by atoms with Crippen LogP contribution in [0.15, 0.2) is 18.2 Å². The molecule has 5 nitrogen and oxygen atoms in total. The number of carboxylic acids is 1. The molecule has 0 radical (unpaired) electrons. The largest absolute Gasteiger partial charge is 0.481 e. The molecule has 2 heterocycles. The van der Waals surface area contributed by atoms with Gasteiger partial charge in [-0.3, -0.25) is 4.79 Å². The number of carboxylic acid groups (broad SMARTS) is 1. The molecule has 2 aliphatic heterocycles. The van der Waals surface area contributed by atoms with Gasteiger partial charge in [-0.25, -0.2) is 4.79 Å². The number of nitrogens with one attached hydrogen (secondary N) is 1. The van der Waals surface area contributed by atoms with Gasteiger partial charge in [-0.2, -0.15) is 0 Å². The van der Waals surface area contributed by atoms with Gasteiger partial charge in [0.15, 0.2) is 0 Å². The summed E-state index contributed by atoms with van der Waals surface area (Å²) in [5, 5.41) is 12.6. The van der Waals surface area contributed by atoms with Gasteiger partial charge in [0.25, 0.3) is 0 Å². The predicted molar refractivity (Wildman–Crippen MR) is 79.9 cm³/mol. The summed E-state index contributed by atoms with van der Waals surface area (Å²) in [6.45, 7) is 0. The van der Waals surface area contributed by atoms with E-state index in [-0.39, 0.29) is 23.1 Å². The summed E-state index contributed by atoms with van der Waals surface area (Å²) >= 11 is 12.0. The second-order valence-electron chi connectivity index (χ2n) is 5.42. The summed E-state index contributed by atoms with van der Waals surface area (Å²) in [5.41, 5.74) is 0.437. The van der Waals surface area contributed by atoms with Gasteiger partial charge in [0.2, 0.25) is 0 Å². The fourth-order valence-corrected chi connectivity index (χ4v) is 3.70. The molecule has 3 rings (SSSR count). The molecule has 0 saturated carbocycles. The number of benzene rings is 1. The molecule has 1 aromatic carbocycles. The van der Waals surface area contributed by atoms with Gasteiger partial charge in [-0.15, -0.1) is 0 Å². The Morgan fingerprint density at radius 1 is 1.29 bits per heavy atom. The Hall–Kier alpha value is -1.46. The van der Waals surface area contributed by atoms with Gasteiger partial charge < -0.3 is 15.3 Å². The molecule has 7 heteroatoms. The van der Waals surface area contributed by atoms with E-state index >= 15 is 0 Å². The molecule has 2 saturated heterocycles. The van der Waals surface area contributed by atoms with Crippen LogP contribution in [-0.4, -0.2) is 34.1 Å². The van der Waals surface area contributed by atoms with Crippen LogP contribution in [0.25, 0.3) is 0 Å². The minimum Gasteiger partial charge on any atom is -0.481 e. The lowest BCUT2D eigenvalue weighted by Crippen LogP contribution is -2.40. The van der Waals surface area contributed by atoms with Crippen LogP contribution in [-0.2, 0) is 4.79 Å². The van der Waals surface area contributed by atoms with E-state index in [4.69, 9.17) is 23.2 Å². The molecular weight excluding hydrogens is 315 g/mol. The highest BCUT2D eigenvalue weighted by atomic mass is 35.5.